The quantitative estimate of drug-likeness (QED) is 0.634. The van der Waals surface area contributed by atoms with Gasteiger partial charge in [0.25, 0.3) is 0 Å². The highest BCUT2D eigenvalue weighted by Crippen LogP contribution is 2.24. The molecule has 0 radical (unpaired) electrons. The van der Waals surface area contributed by atoms with Crippen molar-refractivity contribution in [3.63, 3.8) is 0 Å². The summed E-state index contributed by atoms with van der Waals surface area (Å²) in [5, 5.41) is 8.08. The average Bonchev–Trinajstić information content (AvgIpc) is 3.04. The van der Waals surface area contributed by atoms with Crippen LogP contribution in [0.4, 0.5) is 0 Å². The van der Waals surface area contributed by atoms with Gasteiger partial charge in [-0.15, -0.1) is 5.10 Å². The first kappa shape index (κ1) is 12.3. The Hall–Kier alpha value is -1.72. The van der Waals surface area contributed by atoms with Gasteiger partial charge in [0.2, 0.25) is 0 Å². The van der Waals surface area contributed by atoms with Gasteiger partial charge in [-0.05, 0) is 42.4 Å². The minimum absolute atomic E-state index is 0.00755. The highest BCUT2D eigenvalue weighted by Gasteiger charge is 2.16. The summed E-state index contributed by atoms with van der Waals surface area (Å²) in [6.07, 6.45) is 6.44. The zero-order chi connectivity index (χ0) is 13.2. The van der Waals surface area contributed by atoms with Crippen LogP contribution in [0.15, 0.2) is 24.4 Å². The Kier molecular flexibility index (Phi) is 3.31. The van der Waals surface area contributed by atoms with E-state index in [-0.39, 0.29) is 6.04 Å². The van der Waals surface area contributed by atoms with Crippen molar-refractivity contribution in [1.82, 2.24) is 20.4 Å². The summed E-state index contributed by atoms with van der Waals surface area (Å²) in [5.74, 6) is 5.65. The molecule has 1 aromatic heterocycles. The third-order valence-electron chi connectivity index (χ3n) is 3.78. The fourth-order valence-corrected chi connectivity index (χ4v) is 2.76. The second-order valence-corrected chi connectivity index (χ2v) is 5.20. The first-order valence-electron chi connectivity index (χ1n) is 6.69. The molecule has 2 aromatic rings. The lowest BCUT2D eigenvalue weighted by Gasteiger charge is -2.13. The molecule has 0 spiro atoms. The maximum Gasteiger partial charge on any atom is 0.101 e. The number of hydrazine groups is 1. The minimum Gasteiger partial charge on any atom is -0.271 e. The van der Waals surface area contributed by atoms with Gasteiger partial charge < -0.3 is 0 Å². The molecule has 0 amide bonds. The molecule has 5 nitrogen and oxygen atoms in total. The normalized spacial score (nSPS) is 15.5. The first-order chi connectivity index (χ1) is 9.26. The third-order valence-corrected chi connectivity index (χ3v) is 3.78. The summed E-state index contributed by atoms with van der Waals surface area (Å²) in [7, 11) is 1.86. The lowest BCUT2D eigenvalue weighted by molar-refractivity contribution is 0.537. The van der Waals surface area contributed by atoms with Crippen LogP contribution in [0.1, 0.15) is 34.8 Å². The number of nitrogens with one attached hydrogen (secondary N) is 1. The molecule has 1 aromatic carbocycles. The van der Waals surface area contributed by atoms with E-state index in [1.54, 1.807) is 4.68 Å². The number of aryl methyl sites for hydroxylation is 3. The van der Waals surface area contributed by atoms with Crippen molar-refractivity contribution in [3.05, 3.63) is 46.8 Å². The lowest BCUT2D eigenvalue weighted by atomic mass is 10.00. The first-order valence-corrected chi connectivity index (χ1v) is 6.69. The van der Waals surface area contributed by atoms with Crippen LogP contribution < -0.4 is 11.3 Å². The Morgan fingerprint density at radius 2 is 2.21 bits per heavy atom. The largest absolute Gasteiger partial charge is 0.271 e. The Bertz CT molecular complexity index is 575. The van der Waals surface area contributed by atoms with Crippen molar-refractivity contribution in [2.24, 2.45) is 12.9 Å². The van der Waals surface area contributed by atoms with Crippen molar-refractivity contribution in [2.75, 3.05) is 0 Å². The monoisotopic (exact) mass is 257 g/mol. The van der Waals surface area contributed by atoms with Gasteiger partial charge in [0.15, 0.2) is 0 Å². The minimum atomic E-state index is 0.00755. The van der Waals surface area contributed by atoms with E-state index in [2.05, 4.69) is 33.9 Å². The van der Waals surface area contributed by atoms with Crippen molar-refractivity contribution in [3.8, 4) is 0 Å². The highest BCUT2D eigenvalue weighted by atomic mass is 15.4. The van der Waals surface area contributed by atoms with Crippen LogP contribution in [-0.2, 0) is 26.3 Å². The molecule has 100 valence electrons. The number of nitrogens with zero attached hydrogens (tertiary/aromatic N) is 3. The highest BCUT2D eigenvalue weighted by molar-refractivity contribution is 5.35. The molecule has 0 bridgehead atoms. The number of aromatic nitrogens is 3. The molecular weight excluding hydrogens is 238 g/mol. The van der Waals surface area contributed by atoms with Crippen molar-refractivity contribution in [1.29, 1.82) is 0 Å². The van der Waals surface area contributed by atoms with Gasteiger partial charge in [0.1, 0.15) is 5.69 Å². The zero-order valence-electron chi connectivity index (χ0n) is 11.1. The number of fused-ring (bicyclic) bond motifs is 1. The standard InChI is InChI=1S/C14H19N5/c1-19-9-14(17-18-19)13(16-15)8-10-5-6-11-3-2-4-12(11)7-10/h5-7,9,13,16H,2-4,8,15H2,1H3. The van der Waals surface area contributed by atoms with E-state index in [9.17, 15) is 0 Å². The predicted octanol–water partition coefficient (Wildman–Crippen LogP) is 1.05. The maximum absolute atomic E-state index is 5.65. The molecule has 0 saturated heterocycles. The maximum atomic E-state index is 5.65. The molecule has 1 aliphatic rings. The summed E-state index contributed by atoms with van der Waals surface area (Å²) >= 11 is 0. The Morgan fingerprint density at radius 3 is 2.95 bits per heavy atom. The van der Waals surface area contributed by atoms with E-state index in [1.165, 1.54) is 36.0 Å². The third kappa shape index (κ3) is 2.52. The SMILES string of the molecule is Cn1cc(C(Cc2ccc3c(c2)CCC3)NN)nn1. The van der Waals surface area contributed by atoms with Gasteiger partial charge in [-0.1, -0.05) is 23.4 Å². The fourth-order valence-electron chi connectivity index (χ4n) is 2.76. The topological polar surface area (TPSA) is 68.8 Å². The molecule has 1 heterocycles. The van der Waals surface area contributed by atoms with E-state index in [0.29, 0.717) is 0 Å². The smallest absolute Gasteiger partial charge is 0.101 e. The summed E-state index contributed by atoms with van der Waals surface area (Å²) in [6, 6.07) is 6.77. The molecule has 5 heteroatoms. The van der Waals surface area contributed by atoms with Crippen LogP contribution in [0.5, 0.6) is 0 Å². The van der Waals surface area contributed by atoms with Crippen molar-refractivity contribution in [2.45, 2.75) is 31.7 Å². The van der Waals surface area contributed by atoms with Gasteiger partial charge in [-0.3, -0.25) is 16.0 Å². The Morgan fingerprint density at radius 1 is 1.37 bits per heavy atom. The lowest BCUT2D eigenvalue weighted by Crippen LogP contribution is -2.30. The van der Waals surface area contributed by atoms with Crippen LogP contribution in [0, 0.1) is 0 Å². The van der Waals surface area contributed by atoms with Crippen LogP contribution in [-0.4, -0.2) is 15.0 Å². The van der Waals surface area contributed by atoms with E-state index < -0.39 is 0 Å². The number of hydrogen-bond donors (Lipinski definition) is 2. The molecule has 3 N–H and O–H groups in total. The second kappa shape index (κ2) is 5.11. The second-order valence-electron chi connectivity index (χ2n) is 5.20. The zero-order valence-corrected chi connectivity index (χ0v) is 11.1. The molecular formula is C14H19N5. The summed E-state index contributed by atoms with van der Waals surface area (Å²) in [6.45, 7) is 0. The van der Waals surface area contributed by atoms with Crippen molar-refractivity contribution >= 4 is 0 Å². The Balaban J connectivity index is 1.79. The van der Waals surface area contributed by atoms with E-state index in [4.69, 9.17) is 5.84 Å². The van der Waals surface area contributed by atoms with Gasteiger partial charge in [0, 0.05) is 13.2 Å². The molecule has 1 aliphatic carbocycles. The van der Waals surface area contributed by atoms with Crippen molar-refractivity contribution < 1.29 is 0 Å². The molecule has 0 aliphatic heterocycles. The van der Waals surface area contributed by atoms with E-state index >= 15 is 0 Å². The average molecular weight is 257 g/mol. The van der Waals surface area contributed by atoms with Gasteiger partial charge in [0.05, 0.1) is 6.04 Å². The van der Waals surface area contributed by atoms with Crippen LogP contribution >= 0.6 is 0 Å². The predicted molar refractivity (Wildman–Crippen MR) is 73.2 cm³/mol. The molecule has 19 heavy (non-hydrogen) atoms. The van der Waals surface area contributed by atoms with E-state index in [0.717, 1.165) is 12.1 Å². The molecule has 0 saturated carbocycles. The summed E-state index contributed by atoms with van der Waals surface area (Å²) in [5.41, 5.74) is 8.01. The van der Waals surface area contributed by atoms with E-state index in [1.807, 2.05) is 13.2 Å². The van der Waals surface area contributed by atoms with Gasteiger partial charge >= 0.3 is 0 Å². The Labute approximate surface area is 112 Å². The van der Waals surface area contributed by atoms with Crippen LogP contribution in [0.25, 0.3) is 0 Å². The molecule has 1 atom stereocenters. The number of benzene rings is 1. The van der Waals surface area contributed by atoms with Gasteiger partial charge in [-0.25, -0.2) is 0 Å². The molecule has 1 unspecified atom stereocenters. The number of rotatable bonds is 4. The van der Waals surface area contributed by atoms with Gasteiger partial charge in [-0.2, -0.15) is 0 Å². The number of hydrogen-bond acceptors (Lipinski definition) is 4. The van der Waals surface area contributed by atoms with Crippen LogP contribution in [0.2, 0.25) is 0 Å². The molecule has 3 rings (SSSR count). The summed E-state index contributed by atoms with van der Waals surface area (Å²) < 4.78 is 1.70. The summed E-state index contributed by atoms with van der Waals surface area (Å²) in [4.78, 5) is 0. The van der Waals surface area contributed by atoms with Crippen LogP contribution in [0.3, 0.4) is 0 Å². The molecule has 0 fully saturated rings. The number of nitrogens with two attached hydrogens (primary N) is 1. The fraction of sp³-hybridized carbons (Fsp3) is 0.429.